The Bertz CT molecular complexity index is 201. The lowest BCUT2D eigenvalue weighted by molar-refractivity contribution is -0.0430. The molecule has 2 heteroatoms. The Hall–Kier alpha value is -0.0800. The molecular formula is C13H27NO. The fraction of sp³-hybridized carbons (Fsp3) is 1.00. The first-order valence-electron chi connectivity index (χ1n) is 6.23. The molecule has 90 valence electrons. The van der Waals surface area contributed by atoms with Gasteiger partial charge in [0.1, 0.15) is 0 Å². The average Bonchev–Trinajstić information content (AvgIpc) is 2.12. The topological polar surface area (TPSA) is 23.5 Å². The molecule has 0 radical (unpaired) electrons. The Morgan fingerprint density at radius 1 is 1.40 bits per heavy atom. The van der Waals surface area contributed by atoms with Crippen LogP contribution in [0.4, 0.5) is 0 Å². The smallest absolute Gasteiger partial charge is 0.0631 e. The first kappa shape index (κ1) is 13.0. The maximum atomic E-state index is 10.3. The highest BCUT2D eigenvalue weighted by atomic mass is 16.3. The van der Waals surface area contributed by atoms with E-state index >= 15 is 0 Å². The van der Waals surface area contributed by atoms with Crippen LogP contribution in [-0.4, -0.2) is 35.7 Å². The molecule has 2 unspecified atom stereocenters. The molecule has 0 spiro atoms. The molecule has 2 nitrogen and oxygen atoms in total. The van der Waals surface area contributed by atoms with Crippen LogP contribution in [0.1, 0.15) is 47.0 Å². The van der Waals surface area contributed by atoms with Crippen LogP contribution in [0.15, 0.2) is 0 Å². The summed E-state index contributed by atoms with van der Waals surface area (Å²) < 4.78 is 0. The van der Waals surface area contributed by atoms with Crippen LogP contribution in [0.25, 0.3) is 0 Å². The lowest BCUT2D eigenvalue weighted by Gasteiger charge is -2.42. The number of aliphatic hydroxyl groups is 1. The summed E-state index contributed by atoms with van der Waals surface area (Å²) in [6.45, 7) is 9.83. The zero-order valence-corrected chi connectivity index (χ0v) is 11.0. The molecule has 15 heavy (non-hydrogen) atoms. The van der Waals surface area contributed by atoms with Crippen LogP contribution in [0.3, 0.4) is 0 Å². The van der Waals surface area contributed by atoms with Crippen molar-refractivity contribution < 1.29 is 5.11 Å². The highest BCUT2D eigenvalue weighted by Gasteiger charge is 2.37. The van der Waals surface area contributed by atoms with Gasteiger partial charge in [0.2, 0.25) is 0 Å². The summed E-state index contributed by atoms with van der Waals surface area (Å²) in [5.41, 5.74) is 0.112. The summed E-state index contributed by atoms with van der Waals surface area (Å²) >= 11 is 0. The quantitative estimate of drug-likeness (QED) is 0.778. The molecular weight excluding hydrogens is 186 g/mol. The predicted octanol–water partition coefficient (Wildman–Crippen LogP) is 2.51. The van der Waals surface area contributed by atoms with E-state index in [1.54, 1.807) is 0 Å². The molecule has 0 saturated heterocycles. The van der Waals surface area contributed by atoms with E-state index < -0.39 is 0 Å². The fourth-order valence-corrected chi connectivity index (χ4v) is 2.54. The SMILES string of the molecule is CC(C)N(C)CC1CCCC(C)(C)C1O. The minimum absolute atomic E-state index is 0.112. The van der Waals surface area contributed by atoms with Gasteiger partial charge in [-0.1, -0.05) is 20.3 Å². The van der Waals surface area contributed by atoms with Gasteiger partial charge in [-0.25, -0.2) is 0 Å². The van der Waals surface area contributed by atoms with Crippen LogP contribution in [-0.2, 0) is 0 Å². The van der Waals surface area contributed by atoms with Gasteiger partial charge in [0.05, 0.1) is 6.10 Å². The molecule has 1 fully saturated rings. The zero-order valence-electron chi connectivity index (χ0n) is 11.0. The molecule has 0 aromatic rings. The fourth-order valence-electron chi connectivity index (χ4n) is 2.54. The van der Waals surface area contributed by atoms with Gasteiger partial charge in [-0.05, 0) is 45.1 Å². The molecule has 1 N–H and O–H groups in total. The highest BCUT2D eigenvalue weighted by Crippen LogP contribution is 2.39. The Kier molecular flexibility index (Phi) is 4.19. The molecule has 0 aromatic heterocycles. The third-order valence-corrected chi connectivity index (χ3v) is 4.05. The van der Waals surface area contributed by atoms with Crippen molar-refractivity contribution in [1.29, 1.82) is 0 Å². The minimum Gasteiger partial charge on any atom is -0.392 e. The normalized spacial score (nSPS) is 31.2. The Labute approximate surface area is 94.7 Å². The summed E-state index contributed by atoms with van der Waals surface area (Å²) in [5.74, 6) is 0.459. The standard InChI is InChI=1S/C13H27NO/c1-10(2)14(5)9-11-7-6-8-13(3,4)12(11)15/h10-12,15H,6-9H2,1-5H3. The second-order valence-electron chi connectivity index (χ2n) is 6.12. The predicted molar refractivity (Wildman–Crippen MR) is 64.9 cm³/mol. The van der Waals surface area contributed by atoms with Gasteiger partial charge in [-0.3, -0.25) is 0 Å². The van der Waals surface area contributed by atoms with E-state index in [9.17, 15) is 5.11 Å². The molecule has 0 amide bonds. The second-order valence-corrected chi connectivity index (χ2v) is 6.12. The van der Waals surface area contributed by atoms with Crippen molar-refractivity contribution in [1.82, 2.24) is 4.90 Å². The number of aliphatic hydroxyl groups excluding tert-OH is 1. The minimum atomic E-state index is -0.132. The van der Waals surface area contributed by atoms with Gasteiger partial charge < -0.3 is 10.0 Å². The van der Waals surface area contributed by atoms with Crippen LogP contribution in [0.2, 0.25) is 0 Å². The third-order valence-electron chi connectivity index (χ3n) is 4.05. The molecule has 1 saturated carbocycles. The van der Waals surface area contributed by atoms with Gasteiger partial charge in [-0.2, -0.15) is 0 Å². The van der Waals surface area contributed by atoms with Crippen molar-refractivity contribution in [2.75, 3.05) is 13.6 Å². The Morgan fingerprint density at radius 3 is 2.53 bits per heavy atom. The van der Waals surface area contributed by atoms with Crippen molar-refractivity contribution in [3.8, 4) is 0 Å². The van der Waals surface area contributed by atoms with Gasteiger partial charge in [-0.15, -0.1) is 0 Å². The Morgan fingerprint density at radius 2 is 2.00 bits per heavy atom. The summed E-state index contributed by atoms with van der Waals surface area (Å²) in [7, 11) is 2.15. The molecule has 2 atom stereocenters. The van der Waals surface area contributed by atoms with E-state index in [0.717, 1.165) is 13.0 Å². The lowest BCUT2D eigenvalue weighted by Crippen LogP contribution is -2.45. The van der Waals surface area contributed by atoms with Crippen molar-refractivity contribution in [3.63, 3.8) is 0 Å². The van der Waals surface area contributed by atoms with Gasteiger partial charge in [0.15, 0.2) is 0 Å². The van der Waals surface area contributed by atoms with Crippen molar-refractivity contribution in [2.24, 2.45) is 11.3 Å². The molecule has 0 bridgehead atoms. The second kappa shape index (κ2) is 4.84. The van der Waals surface area contributed by atoms with Gasteiger partial charge >= 0.3 is 0 Å². The van der Waals surface area contributed by atoms with E-state index in [4.69, 9.17) is 0 Å². The molecule has 1 aliphatic rings. The maximum Gasteiger partial charge on any atom is 0.0631 e. The van der Waals surface area contributed by atoms with Gasteiger partial charge in [0, 0.05) is 12.6 Å². The maximum absolute atomic E-state index is 10.3. The third kappa shape index (κ3) is 3.18. The van der Waals surface area contributed by atoms with E-state index in [0.29, 0.717) is 12.0 Å². The van der Waals surface area contributed by atoms with E-state index in [2.05, 4.69) is 39.6 Å². The zero-order chi connectivity index (χ0) is 11.6. The summed E-state index contributed by atoms with van der Waals surface area (Å²) in [5, 5.41) is 10.3. The number of nitrogens with zero attached hydrogens (tertiary/aromatic N) is 1. The highest BCUT2D eigenvalue weighted by molar-refractivity contribution is 4.89. The first-order valence-corrected chi connectivity index (χ1v) is 6.23. The van der Waals surface area contributed by atoms with Crippen LogP contribution in [0.5, 0.6) is 0 Å². The summed E-state index contributed by atoms with van der Waals surface area (Å²) in [6, 6.07) is 0.572. The number of hydrogen-bond acceptors (Lipinski definition) is 2. The van der Waals surface area contributed by atoms with Crippen LogP contribution in [0, 0.1) is 11.3 Å². The number of rotatable bonds is 3. The molecule has 0 heterocycles. The monoisotopic (exact) mass is 213 g/mol. The van der Waals surface area contributed by atoms with E-state index in [1.165, 1.54) is 12.8 Å². The first-order chi connectivity index (χ1) is 6.84. The van der Waals surface area contributed by atoms with E-state index in [1.807, 2.05) is 0 Å². The average molecular weight is 213 g/mol. The van der Waals surface area contributed by atoms with Crippen LogP contribution >= 0.6 is 0 Å². The van der Waals surface area contributed by atoms with Gasteiger partial charge in [0.25, 0.3) is 0 Å². The molecule has 0 aliphatic heterocycles. The molecule has 1 aliphatic carbocycles. The molecule has 1 rings (SSSR count). The summed E-state index contributed by atoms with van der Waals surface area (Å²) in [4.78, 5) is 2.34. The van der Waals surface area contributed by atoms with E-state index in [-0.39, 0.29) is 11.5 Å². The Balaban J connectivity index is 2.55. The van der Waals surface area contributed by atoms with Crippen molar-refractivity contribution >= 4 is 0 Å². The van der Waals surface area contributed by atoms with Crippen molar-refractivity contribution in [2.45, 2.75) is 59.1 Å². The summed E-state index contributed by atoms with van der Waals surface area (Å²) in [6.07, 6.45) is 3.48. The lowest BCUT2D eigenvalue weighted by atomic mass is 9.69. The van der Waals surface area contributed by atoms with Crippen LogP contribution < -0.4 is 0 Å². The van der Waals surface area contributed by atoms with Crippen molar-refractivity contribution in [3.05, 3.63) is 0 Å². The molecule has 0 aromatic carbocycles. The largest absolute Gasteiger partial charge is 0.392 e. The number of hydrogen-bond donors (Lipinski definition) is 1.